The predicted molar refractivity (Wildman–Crippen MR) is 165 cm³/mol. The number of nitrogens with zero attached hydrogens (tertiary/aromatic N) is 4. The second kappa shape index (κ2) is 12.1. The molecule has 234 valence electrons. The predicted octanol–water partition coefficient (Wildman–Crippen LogP) is 3.86. The maximum Gasteiger partial charge on any atom is 0.410 e. The molecule has 5 rings (SSSR count). The van der Waals surface area contributed by atoms with Crippen LogP contribution in [0.15, 0.2) is 71.6 Å². The average molecular weight is 623 g/mol. The summed E-state index contributed by atoms with van der Waals surface area (Å²) < 4.78 is 46.6. The topological polar surface area (TPSA) is 109 Å². The first-order chi connectivity index (χ1) is 21.0. The monoisotopic (exact) mass is 622 g/mol. The number of hydrogen-bond acceptors (Lipinski definition) is 9. The standard InChI is InChI=1S/C32H38N4O7S/c1-33(2)21-22-13-18-26(28(20-22)42-6)32(35-19-9-12-29(35)43-31(38)34(3)4)25-10-7-8-11-27(25)36(30(32)37)44(39,40)24-16-14-23(41-5)15-17-24/h7-8,10-11,13-18,20,29H,9,12,19,21H2,1-6H3/t29-,32?/m0/s1. The number of carbonyl (C=O) groups is 2. The van der Waals surface area contributed by atoms with Gasteiger partial charge in [0.1, 0.15) is 11.5 Å². The zero-order chi connectivity index (χ0) is 31.8. The minimum atomic E-state index is -4.39. The van der Waals surface area contributed by atoms with Crippen molar-refractivity contribution in [3.63, 3.8) is 0 Å². The van der Waals surface area contributed by atoms with Gasteiger partial charge in [-0.15, -0.1) is 0 Å². The first-order valence-electron chi connectivity index (χ1n) is 14.3. The number of hydrogen-bond donors (Lipinski definition) is 0. The highest BCUT2D eigenvalue weighted by Gasteiger charge is 2.62. The van der Waals surface area contributed by atoms with E-state index >= 15 is 4.79 Å². The van der Waals surface area contributed by atoms with E-state index in [2.05, 4.69) is 0 Å². The molecule has 0 saturated carbocycles. The van der Waals surface area contributed by atoms with Crippen LogP contribution in [0.2, 0.25) is 0 Å². The van der Waals surface area contributed by atoms with Crippen LogP contribution in [0.5, 0.6) is 11.5 Å². The summed E-state index contributed by atoms with van der Waals surface area (Å²) in [6.07, 6.45) is -0.291. The van der Waals surface area contributed by atoms with Gasteiger partial charge in [0.2, 0.25) is 0 Å². The number of rotatable bonds is 9. The van der Waals surface area contributed by atoms with E-state index in [1.165, 1.54) is 43.4 Å². The molecule has 2 aliphatic heterocycles. The molecule has 12 heteroatoms. The Labute approximate surface area is 258 Å². The van der Waals surface area contributed by atoms with Gasteiger partial charge in [-0.2, -0.15) is 0 Å². The number of fused-ring (bicyclic) bond motifs is 1. The summed E-state index contributed by atoms with van der Waals surface area (Å²) in [6.45, 7) is 0.989. The molecule has 11 nitrogen and oxygen atoms in total. The van der Waals surface area contributed by atoms with E-state index in [-0.39, 0.29) is 10.6 Å². The van der Waals surface area contributed by atoms with Crippen LogP contribution in [0.1, 0.15) is 29.5 Å². The smallest absolute Gasteiger partial charge is 0.410 e. The minimum Gasteiger partial charge on any atom is -0.497 e. The molecule has 1 saturated heterocycles. The molecule has 2 atom stereocenters. The number of ether oxygens (including phenoxy) is 3. The highest BCUT2D eigenvalue weighted by atomic mass is 32.2. The second-order valence-electron chi connectivity index (χ2n) is 11.3. The Bertz CT molecular complexity index is 1660. The fourth-order valence-corrected chi connectivity index (χ4v) is 7.53. The van der Waals surface area contributed by atoms with Gasteiger partial charge >= 0.3 is 6.09 Å². The fraction of sp³-hybridized carbons (Fsp3) is 0.375. The van der Waals surface area contributed by atoms with Crippen molar-refractivity contribution in [2.75, 3.05) is 53.3 Å². The van der Waals surface area contributed by atoms with Gasteiger partial charge in [0.05, 0.1) is 24.8 Å². The van der Waals surface area contributed by atoms with Crippen molar-refractivity contribution >= 4 is 27.7 Å². The van der Waals surface area contributed by atoms with Crippen LogP contribution in [0.3, 0.4) is 0 Å². The van der Waals surface area contributed by atoms with E-state index in [1.807, 2.05) is 42.1 Å². The summed E-state index contributed by atoms with van der Waals surface area (Å²) in [6, 6.07) is 18.4. The van der Waals surface area contributed by atoms with E-state index in [0.29, 0.717) is 48.6 Å². The van der Waals surface area contributed by atoms with E-state index in [1.54, 1.807) is 38.4 Å². The summed E-state index contributed by atoms with van der Waals surface area (Å²) in [5, 5.41) is 0. The lowest BCUT2D eigenvalue weighted by atomic mass is 9.81. The third kappa shape index (κ3) is 5.16. The van der Waals surface area contributed by atoms with Gasteiger partial charge in [-0.1, -0.05) is 30.3 Å². The van der Waals surface area contributed by atoms with Crippen molar-refractivity contribution < 1.29 is 32.2 Å². The third-order valence-corrected chi connectivity index (χ3v) is 9.70. The molecule has 1 fully saturated rings. The van der Waals surface area contributed by atoms with Gasteiger partial charge in [0, 0.05) is 38.3 Å². The summed E-state index contributed by atoms with van der Waals surface area (Å²) in [5.41, 5.74) is 0.390. The molecule has 1 unspecified atom stereocenters. The molecule has 0 aromatic heterocycles. The van der Waals surface area contributed by atoms with Crippen molar-refractivity contribution in [1.82, 2.24) is 14.7 Å². The Morgan fingerprint density at radius 1 is 0.955 bits per heavy atom. The Morgan fingerprint density at radius 3 is 2.30 bits per heavy atom. The van der Waals surface area contributed by atoms with Crippen molar-refractivity contribution in [2.24, 2.45) is 0 Å². The molecule has 2 aliphatic rings. The lowest BCUT2D eigenvalue weighted by Crippen LogP contribution is -2.57. The molecule has 2 amide bonds. The third-order valence-electron chi connectivity index (χ3n) is 7.99. The quantitative estimate of drug-likeness (QED) is 0.352. The molecule has 2 heterocycles. The number of sulfonamides is 1. The van der Waals surface area contributed by atoms with E-state index in [9.17, 15) is 13.2 Å². The first kappa shape index (κ1) is 31.3. The number of para-hydroxylation sites is 1. The van der Waals surface area contributed by atoms with Gasteiger partial charge in [0.15, 0.2) is 11.8 Å². The number of anilines is 1. The molecule has 0 radical (unpaired) electrons. The molecule has 44 heavy (non-hydrogen) atoms. The molecular weight excluding hydrogens is 584 g/mol. The fourth-order valence-electron chi connectivity index (χ4n) is 6.07. The van der Waals surface area contributed by atoms with Crippen LogP contribution in [0.4, 0.5) is 10.5 Å². The Hall–Kier alpha value is -4.13. The van der Waals surface area contributed by atoms with Crippen LogP contribution in [-0.4, -0.2) is 90.3 Å². The van der Waals surface area contributed by atoms with Crippen molar-refractivity contribution in [2.45, 2.75) is 36.0 Å². The lowest BCUT2D eigenvalue weighted by Gasteiger charge is -2.41. The maximum absolute atomic E-state index is 15.2. The average Bonchev–Trinajstić information content (AvgIpc) is 3.56. The summed E-state index contributed by atoms with van der Waals surface area (Å²) in [7, 11) is 5.70. The van der Waals surface area contributed by atoms with Crippen LogP contribution < -0.4 is 13.8 Å². The molecule has 0 N–H and O–H groups in total. The van der Waals surface area contributed by atoms with E-state index in [0.717, 1.165) is 9.87 Å². The van der Waals surface area contributed by atoms with Gasteiger partial charge < -0.3 is 24.0 Å². The van der Waals surface area contributed by atoms with Crippen molar-refractivity contribution in [3.8, 4) is 11.5 Å². The van der Waals surface area contributed by atoms with Crippen LogP contribution >= 0.6 is 0 Å². The summed E-state index contributed by atoms with van der Waals surface area (Å²) in [4.78, 5) is 33.1. The SMILES string of the molecule is COc1ccc(S(=O)(=O)N2C(=O)C(c3ccc(CN(C)C)cc3OC)(N3CCC[C@@H]3OC(=O)N(C)C)c3ccccc32)cc1. The number of likely N-dealkylation sites (tertiary alicyclic amines) is 1. The first-order valence-corrected chi connectivity index (χ1v) is 15.7. The number of methoxy groups -OCH3 is 2. The highest BCUT2D eigenvalue weighted by molar-refractivity contribution is 7.93. The largest absolute Gasteiger partial charge is 0.497 e. The van der Waals surface area contributed by atoms with Crippen LogP contribution in [0, 0.1) is 0 Å². The number of benzene rings is 3. The van der Waals surface area contributed by atoms with Crippen molar-refractivity contribution in [3.05, 3.63) is 83.4 Å². The Morgan fingerprint density at radius 2 is 1.66 bits per heavy atom. The van der Waals surface area contributed by atoms with Gasteiger partial charge in [-0.05, 0) is 68.9 Å². The molecular formula is C32H38N4O7S. The summed E-state index contributed by atoms with van der Waals surface area (Å²) in [5.74, 6) is 0.193. The summed E-state index contributed by atoms with van der Waals surface area (Å²) >= 11 is 0. The molecule has 3 aromatic rings. The van der Waals surface area contributed by atoms with Gasteiger partial charge in [-0.3, -0.25) is 4.79 Å². The molecule has 0 spiro atoms. The lowest BCUT2D eigenvalue weighted by molar-refractivity contribution is -0.132. The number of carbonyl (C=O) groups excluding carboxylic acids is 2. The molecule has 3 aromatic carbocycles. The van der Waals surface area contributed by atoms with E-state index < -0.39 is 33.8 Å². The zero-order valence-electron chi connectivity index (χ0n) is 25.8. The molecule has 0 aliphatic carbocycles. The van der Waals surface area contributed by atoms with Crippen LogP contribution in [-0.2, 0) is 31.6 Å². The van der Waals surface area contributed by atoms with E-state index in [4.69, 9.17) is 14.2 Å². The van der Waals surface area contributed by atoms with Crippen LogP contribution in [0.25, 0.3) is 0 Å². The van der Waals surface area contributed by atoms with Gasteiger partial charge in [0.25, 0.3) is 15.9 Å². The van der Waals surface area contributed by atoms with Crippen molar-refractivity contribution in [1.29, 1.82) is 0 Å². The number of amides is 2. The second-order valence-corrected chi connectivity index (χ2v) is 13.1. The zero-order valence-corrected chi connectivity index (χ0v) is 26.6. The Balaban J connectivity index is 1.77. The Kier molecular flexibility index (Phi) is 8.61. The molecule has 0 bridgehead atoms. The highest BCUT2D eigenvalue weighted by Crippen LogP contribution is 2.54. The minimum absolute atomic E-state index is 0.0671. The normalized spacial score (nSPS) is 20.1. The maximum atomic E-state index is 15.2. The van der Waals surface area contributed by atoms with Gasteiger partial charge in [-0.25, -0.2) is 22.4 Å².